The third kappa shape index (κ3) is 3.34. The molecule has 0 saturated heterocycles. The molecule has 1 aliphatic rings. The van der Waals surface area contributed by atoms with Gasteiger partial charge in [-0.2, -0.15) is 0 Å². The number of unbranched alkanes of at least 4 members (excludes halogenated alkanes) is 2. The first-order valence-electron chi connectivity index (χ1n) is 9.16. The smallest absolute Gasteiger partial charge is 0.125 e. The van der Waals surface area contributed by atoms with Gasteiger partial charge in [0.15, 0.2) is 0 Å². The van der Waals surface area contributed by atoms with Crippen molar-refractivity contribution in [2.24, 2.45) is 0 Å². The topological polar surface area (TPSA) is 29.5 Å². The number of aryl methyl sites for hydroxylation is 1. The highest BCUT2D eigenvalue weighted by molar-refractivity contribution is 5.42. The van der Waals surface area contributed by atoms with Crippen molar-refractivity contribution < 1.29 is 9.84 Å². The zero-order valence-corrected chi connectivity index (χ0v) is 14.8. The van der Waals surface area contributed by atoms with Crippen molar-refractivity contribution in [2.75, 3.05) is 6.61 Å². The third-order valence-corrected chi connectivity index (χ3v) is 5.24. The maximum absolute atomic E-state index is 11.8. The van der Waals surface area contributed by atoms with E-state index < -0.39 is 5.60 Å². The van der Waals surface area contributed by atoms with Gasteiger partial charge in [0, 0.05) is 11.5 Å². The summed E-state index contributed by atoms with van der Waals surface area (Å²) < 4.78 is 5.97. The Hall–Kier alpha value is -1.80. The Kier molecular flexibility index (Phi) is 5.25. The van der Waals surface area contributed by atoms with Crippen LogP contribution in [0.2, 0.25) is 0 Å². The average Bonchev–Trinajstić information content (AvgIpc) is 2.74. The van der Waals surface area contributed by atoms with Crippen LogP contribution in [0.25, 0.3) is 0 Å². The van der Waals surface area contributed by atoms with Crippen LogP contribution < -0.4 is 4.74 Å². The van der Waals surface area contributed by atoms with E-state index in [1.807, 2.05) is 24.3 Å². The molecular weight excluding hydrogens is 296 g/mol. The monoisotopic (exact) mass is 324 g/mol. The molecule has 2 atom stereocenters. The van der Waals surface area contributed by atoms with Gasteiger partial charge in [-0.25, -0.2) is 0 Å². The van der Waals surface area contributed by atoms with Gasteiger partial charge < -0.3 is 9.84 Å². The molecule has 2 aromatic rings. The summed E-state index contributed by atoms with van der Waals surface area (Å²) in [7, 11) is 0. The lowest BCUT2D eigenvalue weighted by Gasteiger charge is -2.36. The van der Waals surface area contributed by atoms with Crippen LogP contribution in [0, 0.1) is 6.92 Å². The number of aliphatic hydroxyl groups is 1. The van der Waals surface area contributed by atoms with Gasteiger partial charge in [-0.15, -0.1) is 0 Å². The fraction of sp³-hybridized carbons (Fsp3) is 0.455. The van der Waals surface area contributed by atoms with E-state index in [9.17, 15) is 5.11 Å². The normalized spacial score (nSPS) is 23.2. The van der Waals surface area contributed by atoms with E-state index in [2.05, 4.69) is 38.1 Å². The molecule has 1 N–H and O–H groups in total. The summed E-state index contributed by atoms with van der Waals surface area (Å²) in [5.41, 5.74) is 2.54. The molecule has 0 fully saturated rings. The maximum atomic E-state index is 11.8. The van der Waals surface area contributed by atoms with Crippen LogP contribution in [0.15, 0.2) is 48.5 Å². The van der Waals surface area contributed by atoms with Crippen LogP contribution in [0.3, 0.4) is 0 Å². The molecule has 2 nitrogen and oxygen atoms in total. The second kappa shape index (κ2) is 7.40. The third-order valence-electron chi connectivity index (χ3n) is 5.24. The van der Waals surface area contributed by atoms with Crippen LogP contribution in [0.1, 0.15) is 61.6 Å². The number of benzene rings is 2. The first-order valence-corrected chi connectivity index (χ1v) is 9.16. The van der Waals surface area contributed by atoms with E-state index in [1.54, 1.807) is 0 Å². The molecule has 0 amide bonds. The maximum Gasteiger partial charge on any atom is 0.125 e. The Morgan fingerprint density at radius 2 is 1.83 bits per heavy atom. The zero-order chi connectivity index (χ0) is 17.0. The second-order valence-electron chi connectivity index (χ2n) is 6.98. The molecule has 1 heterocycles. The van der Waals surface area contributed by atoms with Gasteiger partial charge >= 0.3 is 0 Å². The minimum atomic E-state index is -0.864. The Labute approximate surface area is 145 Å². The predicted octanol–water partition coefficient (Wildman–Crippen LogP) is 5.33. The van der Waals surface area contributed by atoms with E-state index in [0.717, 1.165) is 43.4 Å². The molecule has 3 rings (SSSR count). The summed E-state index contributed by atoms with van der Waals surface area (Å²) in [6, 6.07) is 16.6. The minimum absolute atomic E-state index is 0.0682. The largest absolute Gasteiger partial charge is 0.493 e. The number of rotatable bonds is 5. The van der Waals surface area contributed by atoms with Gasteiger partial charge in [0.1, 0.15) is 11.4 Å². The molecule has 0 spiro atoms. The highest BCUT2D eigenvalue weighted by atomic mass is 16.5. The Morgan fingerprint density at radius 3 is 2.58 bits per heavy atom. The first-order chi connectivity index (χ1) is 11.6. The molecule has 24 heavy (non-hydrogen) atoms. The average molecular weight is 324 g/mol. The second-order valence-corrected chi connectivity index (χ2v) is 6.98. The number of para-hydroxylation sites is 1. The van der Waals surface area contributed by atoms with E-state index in [1.165, 1.54) is 11.1 Å². The lowest BCUT2D eigenvalue weighted by molar-refractivity contribution is -0.00411. The van der Waals surface area contributed by atoms with Crippen LogP contribution in [-0.2, 0) is 5.60 Å². The molecule has 0 saturated carbocycles. The molecule has 0 bridgehead atoms. The van der Waals surface area contributed by atoms with Gasteiger partial charge in [-0.1, -0.05) is 74.2 Å². The summed E-state index contributed by atoms with van der Waals surface area (Å²) in [4.78, 5) is 0. The SMILES string of the molecule is CCCCC[C@@]1(O)c2ccccc2OCC[C@@H]1c1ccc(C)cc1. The fourth-order valence-electron chi connectivity index (χ4n) is 3.86. The van der Waals surface area contributed by atoms with E-state index >= 15 is 0 Å². The van der Waals surface area contributed by atoms with Crippen LogP contribution in [0.5, 0.6) is 5.75 Å². The van der Waals surface area contributed by atoms with Crippen LogP contribution >= 0.6 is 0 Å². The number of hydrogen-bond acceptors (Lipinski definition) is 2. The van der Waals surface area contributed by atoms with Crippen molar-refractivity contribution >= 4 is 0 Å². The molecule has 0 radical (unpaired) electrons. The molecular formula is C22H28O2. The lowest BCUT2D eigenvalue weighted by Crippen LogP contribution is -2.33. The Balaban J connectivity index is 2.03. The minimum Gasteiger partial charge on any atom is -0.493 e. The number of fused-ring (bicyclic) bond motifs is 1. The van der Waals surface area contributed by atoms with Crippen molar-refractivity contribution in [1.29, 1.82) is 0 Å². The van der Waals surface area contributed by atoms with Crippen LogP contribution in [-0.4, -0.2) is 11.7 Å². The summed E-state index contributed by atoms with van der Waals surface area (Å²) in [5.74, 6) is 0.907. The van der Waals surface area contributed by atoms with Crippen molar-refractivity contribution in [1.82, 2.24) is 0 Å². The quantitative estimate of drug-likeness (QED) is 0.753. The van der Waals surface area contributed by atoms with E-state index in [0.29, 0.717) is 6.61 Å². The molecule has 0 unspecified atom stereocenters. The molecule has 1 aliphatic heterocycles. The standard InChI is InChI=1S/C22H28O2/c1-3-4-7-15-22(23)19(18-12-10-17(2)11-13-18)14-16-24-21-9-6-5-8-20(21)22/h5-6,8-13,19,23H,3-4,7,14-16H2,1-2H3/t19-,22+/m1/s1. The molecule has 2 aromatic carbocycles. The van der Waals surface area contributed by atoms with Crippen LogP contribution in [0.4, 0.5) is 0 Å². The highest BCUT2D eigenvalue weighted by Crippen LogP contribution is 2.48. The first kappa shape index (κ1) is 17.0. The molecule has 128 valence electrons. The van der Waals surface area contributed by atoms with E-state index in [4.69, 9.17) is 4.74 Å². The molecule has 0 aliphatic carbocycles. The van der Waals surface area contributed by atoms with Gasteiger partial charge in [0.2, 0.25) is 0 Å². The van der Waals surface area contributed by atoms with E-state index in [-0.39, 0.29) is 5.92 Å². The zero-order valence-electron chi connectivity index (χ0n) is 14.8. The summed E-state index contributed by atoms with van der Waals surface area (Å²) >= 11 is 0. The van der Waals surface area contributed by atoms with Crippen molar-refractivity contribution in [3.63, 3.8) is 0 Å². The Morgan fingerprint density at radius 1 is 1.08 bits per heavy atom. The summed E-state index contributed by atoms with van der Waals surface area (Å²) in [6.45, 7) is 4.94. The Bertz CT molecular complexity index is 662. The van der Waals surface area contributed by atoms with Gasteiger partial charge in [-0.05, 0) is 31.4 Å². The molecule has 0 aromatic heterocycles. The van der Waals surface area contributed by atoms with Gasteiger partial charge in [-0.3, -0.25) is 0 Å². The highest BCUT2D eigenvalue weighted by Gasteiger charge is 2.42. The number of hydrogen-bond donors (Lipinski definition) is 1. The number of ether oxygens (including phenoxy) is 1. The summed E-state index contributed by atoms with van der Waals surface area (Å²) in [5, 5.41) is 11.8. The fourth-order valence-corrected chi connectivity index (χ4v) is 3.86. The molecule has 2 heteroatoms. The van der Waals surface area contributed by atoms with Crippen molar-refractivity contribution in [3.05, 3.63) is 65.2 Å². The lowest BCUT2D eigenvalue weighted by atomic mass is 9.73. The van der Waals surface area contributed by atoms with Gasteiger partial charge in [0.05, 0.1) is 6.61 Å². The summed E-state index contributed by atoms with van der Waals surface area (Å²) in [6.07, 6.45) is 4.94. The predicted molar refractivity (Wildman–Crippen MR) is 98.5 cm³/mol. The van der Waals surface area contributed by atoms with Crippen molar-refractivity contribution in [3.8, 4) is 5.75 Å². The van der Waals surface area contributed by atoms with Gasteiger partial charge in [0.25, 0.3) is 0 Å². The van der Waals surface area contributed by atoms with Crippen molar-refractivity contribution in [2.45, 2.75) is 57.5 Å².